The fourth-order valence-electron chi connectivity index (χ4n) is 4.62. The van der Waals surface area contributed by atoms with Gasteiger partial charge < -0.3 is 4.90 Å². The van der Waals surface area contributed by atoms with Crippen molar-refractivity contribution in [2.75, 3.05) is 26.2 Å². The molecule has 0 spiro atoms. The highest BCUT2D eigenvalue weighted by atomic mass is 32.2. The van der Waals surface area contributed by atoms with E-state index in [1.165, 1.54) is 22.5 Å². The molecule has 1 unspecified atom stereocenters. The molecule has 0 aromatic heterocycles. The van der Waals surface area contributed by atoms with E-state index in [9.17, 15) is 22.8 Å². The molecule has 168 valence electrons. The highest BCUT2D eigenvalue weighted by Crippen LogP contribution is 2.34. The third-order valence-electron chi connectivity index (χ3n) is 6.34. The molecule has 0 N–H and O–H groups in total. The summed E-state index contributed by atoms with van der Waals surface area (Å²) in [5.41, 5.74) is 0.513. The number of rotatable bonds is 5. The molecule has 0 radical (unpaired) electrons. The molecule has 2 aromatic rings. The molecule has 1 amide bonds. The van der Waals surface area contributed by atoms with E-state index in [2.05, 4.69) is 0 Å². The Morgan fingerprint density at radius 1 is 0.969 bits per heavy atom. The van der Waals surface area contributed by atoms with Gasteiger partial charge in [-0.25, -0.2) is 8.42 Å². The molecule has 7 nitrogen and oxygen atoms in total. The highest BCUT2D eigenvalue weighted by molar-refractivity contribution is 7.89. The van der Waals surface area contributed by atoms with E-state index in [1.54, 1.807) is 29.2 Å². The molecule has 1 heterocycles. The van der Waals surface area contributed by atoms with Crippen molar-refractivity contribution in [2.24, 2.45) is 5.92 Å². The Hall–Kier alpha value is -2.84. The molecule has 8 heteroatoms. The minimum absolute atomic E-state index is 0.0508. The number of hydrogen-bond acceptors (Lipinski definition) is 5. The Kier molecular flexibility index (Phi) is 6.01. The predicted molar refractivity (Wildman–Crippen MR) is 119 cm³/mol. The zero-order chi connectivity index (χ0) is 23.0. The summed E-state index contributed by atoms with van der Waals surface area (Å²) < 4.78 is 28.6. The van der Waals surface area contributed by atoms with Crippen LogP contribution in [0.2, 0.25) is 0 Å². The van der Waals surface area contributed by atoms with Gasteiger partial charge in [0, 0.05) is 42.9 Å². The standard InChI is InChI=1S/C24H26N2O5S/c1-3-25(4-2)24(29)16-9-8-14-26(15-16)32(30,31)20-13-7-12-19-21(20)23(28)18-11-6-5-10-17(18)22(19)27/h5-7,10-13,16H,3-4,8-9,14-15H2,1-2H3. The lowest BCUT2D eigenvalue weighted by atomic mass is 9.84. The third-order valence-corrected chi connectivity index (χ3v) is 8.25. The maximum absolute atomic E-state index is 13.6. The van der Waals surface area contributed by atoms with E-state index >= 15 is 0 Å². The van der Waals surface area contributed by atoms with Crippen LogP contribution in [0.3, 0.4) is 0 Å². The smallest absolute Gasteiger partial charge is 0.243 e. The first-order valence-electron chi connectivity index (χ1n) is 10.9. The van der Waals surface area contributed by atoms with Gasteiger partial charge in [0.2, 0.25) is 15.9 Å². The number of benzene rings is 2. The molecular formula is C24H26N2O5S. The topological polar surface area (TPSA) is 91.8 Å². The second-order valence-electron chi connectivity index (χ2n) is 8.10. The fraction of sp³-hybridized carbons (Fsp3) is 0.375. The molecular weight excluding hydrogens is 428 g/mol. The van der Waals surface area contributed by atoms with Crippen molar-refractivity contribution in [3.05, 3.63) is 64.7 Å². The van der Waals surface area contributed by atoms with Crippen molar-refractivity contribution in [2.45, 2.75) is 31.6 Å². The second-order valence-corrected chi connectivity index (χ2v) is 10.0. The summed E-state index contributed by atoms with van der Waals surface area (Å²) in [6.07, 6.45) is 1.18. The van der Waals surface area contributed by atoms with Gasteiger partial charge in [0.1, 0.15) is 0 Å². The van der Waals surface area contributed by atoms with Crippen molar-refractivity contribution in [1.29, 1.82) is 0 Å². The van der Waals surface area contributed by atoms with Crippen LogP contribution in [0.1, 0.15) is 58.5 Å². The molecule has 1 aliphatic carbocycles. The average Bonchev–Trinajstić information content (AvgIpc) is 2.82. The van der Waals surface area contributed by atoms with Crippen LogP contribution in [0.4, 0.5) is 0 Å². The molecule has 32 heavy (non-hydrogen) atoms. The van der Waals surface area contributed by atoms with Crippen LogP contribution in [0.25, 0.3) is 0 Å². The molecule has 1 aliphatic heterocycles. The highest BCUT2D eigenvalue weighted by Gasteiger charge is 2.39. The largest absolute Gasteiger partial charge is 0.343 e. The number of carbonyl (C=O) groups excluding carboxylic acids is 3. The number of piperidine rings is 1. The summed E-state index contributed by atoms with van der Waals surface area (Å²) in [5.74, 6) is -1.30. The van der Waals surface area contributed by atoms with Crippen molar-refractivity contribution in [1.82, 2.24) is 9.21 Å². The first-order chi connectivity index (χ1) is 15.3. The van der Waals surface area contributed by atoms with E-state index in [-0.39, 0.29) is 51.9 Å². The van der Waals surface area contributed by atoms with Gasteiger partial charge in [0.05, 0.1) is 16.4 Å². The molecule has 1 atom stereocenters. The van der Waals surface area contributed by atoms with E-state index in [0.717, 1.165) is 0 Å². The molecule has 4 rings (SSSR count). The summed E-state index contributed by atoms with van der Waals surface area (Å²) in [6, 6.07) is 10.8. The van der Waals surface area contributed by atoms with Crippen molar-refractivity contribution in [3.8, 4) is 0 Å². The Balaban J connectivity index is 1.72. The Labute approximate surface area is 188 Å². The number of fused-ring (bicyclic) bond motifs is 2. The molecule has 2 aromatic carbocycles. The number of nitrogens with zero attached hydrogens (tertiary/aromatic N) is 2. The molecule has 2 aliphatic rings. The van der Waals surface area contributed by atoms with E-state index in [4.69, 9.17) is 0 Å². The zero-order valence-electron chi connectivity index (χ0n) is 18.2. The van der Waals surface area contributed by atoms with Crippen LogP contribution < -0.4 is 0 Å². The van der Waals surface area contributed by atoms with E-state index in [0.29, 0.717) is 25.9 Å². The van der Waals surface area contributed by atoms with E-state index < -0.39 is 21.7 Å². The van der Waals surface area contributed by atoms with Gasteiger partial charge in [-0.15, -0.1) is 0 Å². The maximum Gasteiger partial charge on any atom is 0.243 e. The van der Waals surface area contributed by atoms with Crippen LogP contribution in [-0.4, -0.2) is 61.3 Å². The monoisotopic (exact) mass is 454 g/mol. The first-order valence-corrected chi connectivity index (χ1v) is 12.4. The normalized spacial score (nSPS) is 18.8. The third kappa shape index (κ3) is 3.57. The summed E-state index contributed by atoms with van der Waals surface area (Å²) in [6.45, 7) is 5.28. The van der Waals surface area contributed by atoms with Gasteiger partial charge in [0.15, 0.2) is 11.6 Å². The van der Waals surface area contributed by atoms with Crippen LogP contribution in [0.15, 0.2) is 47.4 Å². The maximum atomic E-state index is 13.6. The minimum atomic E-state index is -4.08. The Morgan fingerprint density at radius 3 is 2.25 bits per heavy atom. The number of amides is 1. The summed E-state index contributed by atoms with van der Waals surface area (Å²) in [7, 11) is -4.08. The van der Waals surface area contributed by atoms with Gasteiger partial charge in [-0.3, -0.25) is 14.4 Å². The molecule has 0 saturated carbocycles. The average molecular weight is 455 g/mol. The van der Waals surface area contributed by atoms with Crippen LogP contribution in [0.5, 0.6) is 0 Å². The number of carbonyl (C=O) groups is 3. The summed E-state index contributed by atoms with van der Waals surface area (Å²) in [5, 5.41) is 0. The Bertz CT molecular complexity index is 1200. The lowest BCUT2D eigenvalue weighted by Gasteiger charge is -2.34. The van der Waals surface area contributed by atoms with Crippen LogP contribution >= 0.6 is 0 Å². The number of ketones is 2. The molecule has 1 fully saturated rings. The lowest BCUT2D eigenvalue weighted by Crippen LogP contribution is -2.47. The number of hydrogen-bond donors (Lipinski definition) is 0. The van der Waals surface area contributed by atoms with Gasteiger partial charge in [-0.2, -0.15) is 4.31 Å². The predicted octanol–water partition coefficient (Wildman–Crippen LogP) is 2.73. The van der Waals surface area contributed by atoms with Gasteiger partial charge in [0.25, 0.3) is 0 Å². The SMILES string of the molecule is CCN(CC)C(=O)C1CCCN(S(=O)(=O)c2cccc3c2C(=O)c2ccccc2C3=O)C1. The van der Waals surface area contributed by atoms with Crippen LogP contribution in [-0.2, 0) is 14.8 Å². The number of sulfonamides is 1. The van der Waals surface area contributed by atoms with Gasteiger partial charge >= 0.3 is 0 Å². The molecule has 0 bridgehead atoms. The second kappa shape index (κ2) is 8.60. The minimum Gasteiger partial charge on any atom is -0.343 e. The van der Waals surface area contributed by atoms with Gasteiger partial charge in [-0.1, -0.05) is 36.4 Å². The lowest BCUT2D eigenvalue weighted by molar-refractivity contribution is -0.136. The zero-order valence-corrected chi connectivity index (χ0v) is 19.0. The fourth-order valence-corrected chi connectivity index (χ4v) is 6.36. The summed E-state index contributed by atoms with van der Waals surface area (Å²) >= 11 is 0. The Morgan fingerprint density at radius 2 is 1.59 bits per heavy atom. The van der Waals surface area contributed by atoms with Crippen molar-refractivity contribution < 1.29 is 22.8 Å². The van der Waals surface area contributed by atoms with E-state index in [1.807, 2.05) is 13.8 Å². The van der Waals surface area contributed by atoms with Gasteiger partial charge in [-0.05, 0) is 32.8 Å². The quantitative estimate of drug-likeness (QED) is 0.591. The molecule has 1 saturated heterocycles. The van der Waals surface area contributed by atoms with Crippen molar-refractivity contribution in [3.63, 3.8) is 0 Å². The van der Waals surface area contributed by atoms with Crippen molar-refractivity contribution >= 4 is 27.5 Å². The summed E-state index contributed by atoms with van der Waals surface area (Å²) in [4.78, 5) is 40.6. The van der Waals surface area contributed by atoms with Crippen LogP contribution in [0, 0.1) is 5.92 Å². The first kappa shape index (κ1) is 22.4.